The Morgan fingerprint density at radius 1 is 1.41 bits per heavy atom. The number of amides is 1. The monoisotopic (exact) mass is 229 g/mol. The van der Waals surface area contributed by atoms with E-state index in [4.69, 9.17) is 4.74 Å². The third-order valence-electron chi connectivity index (χ3n) is 2.75. The number of hydrogen-bond donors (Lipinski definition) is 1. The Morgan fingerprint density at radius 3 is 3.06 bits per heavy atom. The molecule has 1 aromatic carbocycles. The van der Waals surface area contributed by atoms with Crippen molar-refractivity contribution in [1.29, 1.82) is 0 Å². The molecule has 1 N–H and O–H groups in total. The van der Waals surface area contributed by atoms with Crippen molar-refractivity contribution in [3.63, 3.8) is 0 Å². The Morgan fingerprint density at radius 2 is 2.29 bits per heavy atom. The van der Waals surface area contributed by atoms with E-state index in [1.165, 1.54) is 6.33 Å². The molecule has 0 aliphatic carbocycles. The smallest absolute Gasteiger partial charge is 0.253 e. The maximum absolute atomic E-state index is 12.0. The second kappa shape index (κ2) is 4.10. The van der Waals surface area contributed by atoms with Crippen LogP contribution in [0, 0.1) is 0 Å². The molecule has 1 saturated heterocycles. The predicted molar refractivity (Wildman–Crippen MR) is 61.6 cm³/mol. The summed E-state index contributed by atoms with van der Waals surface area (Å²) in [5.41, 5.74) is 1.26. The van der Waals surface area contributed by atoms with Crippen molar-refractivity contribution in [3.8, 4) is 0 Å². The number of benzene rings is 1. The summed E-state index contributed by atoms with van der Waals surface area (Å²) >= 11 is 0. The van der Waals surface area contributed by atoms with E-state index in [1.54, 1.807) is 12.3 Å². The number of nitrogens with one attached hydrogen (secondary N) is 1. The third kappa shape index (κ3) is 1.85. The van der Waals surface area contributed by atoms with Gasteiger partial charge >= 0.3 is 0 Å². The van der Waals surface area contributed by atoms with E-state index < -0.39 is 0 Å². The number of hydrogen-bond acceptors (Lipinski definition) is 4. The summed E-state index contributed by atoms with van der Waals surface area (Å²) in [5.74, 6) is -0.109. The largest absolute Gasteiger partial charge is 0.377 e. The number of ether oxygens (including phenoxy) is 1. The molecule has 17 heavy (non-hydrogen) atoms. The zero-order valence-corrected chi connectivity index (χ0v) is 9.09. The minimum Gasteiger partial charge on any atom is -0.377 e. The lowest BCUT2D eigenvalue weighted by atomic mass is 10.1. The van der Waals surface area contributed by atoms with E-state index in [0.717, 1.165) is 5.39 Å². The molecule has 2 aromatic rings. The Bertz CT molecular complexity index is 561. The van der Waals surface area contributed by atoms with Crippen molar-refractivity contribution in [1.82, 2.24) is 15.3 Å². The molecule has 3 rings (SSSR count). The quantitative estimate of drug-likeness (QED) is 0.825. The van der Waals surface area contributed by atoms with E-state index in [-0.39, 0.29) is 11.9 Å². The van der Waals surface area contributed by atoms with Crippen molar-refractivity contribution < 1.29 is 9.53 Å². The molecule has 86 valence electrons. The summed E-state index contributed by atoms with van der Waals surface area (Å²) in [6.45, 7) is 1.18. The van der Waals surface area contributed by atoms with Crippen molar-refractivity contribution >= 4 is 16.8 Å². The highest BCUT2D eigenvalue weighted by Gasteiger charge is 2.22. The summed E-state index contributed by atoms with van der Waals surface area (Å²) in [7, 11) is 0. The van der Waals surface area contributed by atoms with Gasteiger partial charge in [0.15, 0.2) is 0 Å². The lowest BCUT2D eigenvalue weighted by molar-refractivity contribution is -0.00343. The Labute approximate surface area is 97.8 Å². The maximum Gasteiger partial charge on any atom is 0.253 e. The molecule has 1 aromatic heterocycles. The fourth-order valence-electron chi connectivity index (χ4n) is 1.78. The number of rotatable bonds is 2. The van der Waals surface area contributed by atoms with Gasteiger partial charge in [-0.25, -0.2) is 9.97 Å². The highest BCUT2D eigenvalue weighted by Crippen LogP contribution is 2.15. The van der Waals surface area contributed by atoms with Crippen LogP contribution in [0.3, 0.4) is 0 Å². The van der Waals surface area contributed by atoms with E-state index in [9.17, 15) is 4.79 Å². The van der Waals surface area contributed by atoms with Gasteiger partial charge in [0.25, 0.3) is 5.91 Å². The number of carbonyl (C=O) groups is 1. The van der Waals surface area contributed by atoms with Crippen LogP contribution in [0.15, 0.2) is 30.7 Å². The average molecular weight is 229 g/mol. The van der Waals surface area contributed by atoms with Crippen LogP contribution in [0.2, 0.25) is 0 Å². The Balaban J connectivity index is 1.95. The summed E-state index contributed by atoms with van der Waals surface area (Å²) in [5, 5.41) is 3.77. The van der Waals surface area contributed by atoms with Crippen LogP contribution in [0.25, 0.3) is 10.9 Å². The molecule has 5 nitrogen and oxygen atoms in total. The SMILES string of the molecule is O=C(NC1COC1)c1cccc2cncnc12. The van der Waals surface area contributed by atoms with Crippen molar-refractivity contribution in [2.24, 2.45) is 0 Å². The first-order chi connectivity index (χ1) is 8.34. The van der Waals surface area contributed by atoms with Crippen LogP contribution < -0.4 is 5.32 Å². The van der Waals surface area contributed by atoms with Gasteiger partial charge in [-0.15, -0.1) is 0 Å². The van der Waals surface area contributed by atoms with Gasteiger partial charge in [-0.05, 0) is 6.07 Å². The lowest BCUT2D eigenvalue weighted by Crippen LogP contribution is -2.48. The molecule has 1 fully saturated rings. The molecular formula is C12H11N3O2. The first-order valence-corrected chi connectivity index (χ1v) is 5.42. The van der Waals surface area contributed by atoms with E-state index in [0.29, 0.717) is 24.3 Å². The number of fused-ring (bicyclic) bond motifs is 1. The normalized spacial score (nSPS) is 15.5. The zero-order valence-electron chi connectivity index (χ0n) is 9.09. The molecule has 0 atom stereocenters. The van der Waals surface area contributed by atoms with E-state index in [2.05, 4.69) is 15.3 Å². The predicted octanol–water partition coefficient (Wildman–Crippen LogP) is 0.758. The number of aromatic nitrogens is 2. The second-order valence-electron chi connectivity index (χ2n) is 3.97. The van der Waals surface area contributed by atoms with Crippen LogP contribution in [0.1, 0.15) is 10.4 Å². The van der Waals surface area contributed by atoms with Gasteiger partial charge in [0.05, 0.1) is 30.3 Å². The molecule has 2 heterocycles. The molecule has 1 aliphatic rings. The topological polar surface area (TPSA) is 64.1 Å². The summed E-state index contributed by atoms with van der Waals surface area (Å²) in [6, 6.07) is 5.61. The lowest BCUT2D eigenvalue weighted by Gasteiger charge is -2.26. The van der Waals surface area contributed by atoms with E-state index in [1.807, 2.05) is 12.1 Å². The van der Waals surface area contributed by atoms with Crippen LogP contribution in [-0.2, 0) is 4.74 Å². The van der Waals surface area contributed by atoms with Gasteiger partial charge in [0.1, 0.15) is 6.33 Å². The summed E-state index contributed by atoms with van der Waals surface area (Å²) in [6.07, 6.45) is 3.15. The minimum atomic E-state index is -0.109. The standard InChI is InChI=1S/C12H11N3O2/c16-12(15-9-5-17-6-9)10-3-1-2-8-4-13-7-14-11(8)10/h1-4,7,9H,5-6H2,(H,15,16). The van der Waals surface area contributed by atoms with Crippen molar-refractivity contribution in [2.75, 3.05) is 13.2 Å². The minimum absolute atomic E-state index is 0.109. The highest BCUT2D eigenvalue weighted by atomic mass is 16.5. The number of para-hydroxylation sites is 1. The summed E-state index contributed by atoms with van der Waals surface area (Å²) in [4.78, 5) is 20.1. The molecule has 5 heteroatoms. The maximum atomic E-state index is 12.0. The molecule has 0 saturated carbocycles. The van der Waals surface area contributed by atoms with Crippen LogP contribution in [-0.4, -0.2) is 35.1 Å². The van der Waals surface area contributed by atoms with Crippen LogP contribution >= 0.6 is 0 Å². The van der Waals surface area contributed by atoms with Crippen LogP contribution in [0.4, 0.5) is 0 Å². The molecule has 0 unspecified atom stereocenters. The molecular weight excluding hydrogens is 218 g/mol. The molecule has 0 bridgehead atoms. The first-order valence-electron chi connectivity index (χ1n) is 5.42. The summed E-state index contributed by atoms with van der Waals surface area (Å²) < 4.78 is 5.02. The van der Waals surface area contributed by atoms with Gasteiger partial charge in [-0.2, -0.15) is 0 Å². The third-order valence-corrected chi connectivity index (χ3v) is 2.75. The fourth-order valence-corrected chi connectivity index (χ4v) is 1.78. The number of nitrogens with zero attached hydrogens (tertiary/aromatic N) is 2. The first kappa shape index (κ1) is 10.2. The highest BCUT2D eigenvalue weighted by molar-refractivity contribution is 6.05. The van der Waals surface area contributed by atoms with Gasteiger partial charge in [0, 0.05) is 11.6 Å². The zero-order chi connectivity index (χ0) is 11.7. The van der Waals surface area contributed by atoms with Crippen LogP contribution in [0.5, 0.6) is 0 Å². The molecule has 1 amide bonds. The second-order valence-corrected chi connectivity index (χ2v) is 3.97. The molecule has 1 aliphatic heterocycles. The van der Waals surface area contributed by atoms with Gasteiger partial charge in [0.2, 0.25) is 0 Å². The van der Waals surface area contributed by atoms with E-state index >= 15 is 0 Å². The molecule has 0 radical (unpaired) electrons. The van der Waals surface area contributed by atoms with Gasteiger partial charge in [-0.3, -0.25) is 4.79 Å². The Kier molecular flexibility index (Phi) is 2.45. The van der Waals surface area contributed by atoms with Crippen molar-refractivity contribution in [3.05, 3.63) is 36.3 Å². The molecule has 0 spiro atoms. The van der Waals surface area contributed by atoms with Gasteiger partial charge < -0.3 is 10.1 Å². The fraction of sp³-hybridized carbons (Fsp3) is 0.250. The average Bonchev–Trinajstić information content (AvgIpc) is 2.33. The van der Waals surface area contributed by atoms with Crippen molar-refractivity contribution in [2.45, 2.75) is 6.04 Å². The number of carbonyl (C=O) groups excluding carboxylic acids is 1. The Hall–Kier alpha value is -2.01. The van der Waals surface area contributed by atoms with Gasteiger partial charge in [-0.1, -0.05) is 12.1 Å².